The molecular weight excluding hydrogens is 593 g/mol. The first-order chi connectivity index (χ1) is 20.6. The van der Waals surface area contributed by atoms with Crippen molar-refractivity contribution < 1.29 is 57.5 Å². The lowest BCUT2D eigenvalue weighted by Gasteiger charge is -2.45. The molecule has 0 amide bonds. The van der Waals surface area contributed by atoms with Crippen LogP contribution in [0.2, 0.25) is 0 Å². The van der Waals surface area contributed by atoms with Gasteiger partial charge in [-0.25, -0.2) is 0 Å². The molecule has 3 N–H and O–H groups in total. The van der Waals surface area contributed by atoms with Gasteiger partial charge in [0.2, 0.25) is 0 Å². The summed E-state index contributed by atoms with van der Waals surface area (Å²) in [5.41, 5.74) is 0. The Kier molecular flexibility index (Phi) is 14.8. The van der Waals surface area contributed by atoms with Crippen LogP contribution in [0.3, 0.4) is 0 Å². The molecule has 0 aromatic carbocycles. The average Bonchev–Trinajstić information content (AvgIpc) is 2.94. The molecule has 18 heteroatoms. The monoisotopic (exact) mass is 640 g/mol. The van der Waals surface area contributed by atoms with Crippen molar-refractivity contribution in [3.8, 4) is 0 Å². The highest BCUT2D eigenvalue weighted by atomic mass is 31.2. The summed E-state index contributed by atoms with van der Waals surface area (Å²) in [6.07, 6.45) is -1.61. The van der Waals surface area contributed by atoms with Gasteiger partial charge in [-0.1, -0.05) is 0 Å². The summed E-state index contributed by atoms with van der Waals surface area (Å²) in [6.45, 7) is 3.47. The van der Waals surface area contributed by atoms with E-state index >= 15 is 0 Å². The van der Waals surface area contributed by atoms with E-state index in [2.05, 4.69) is 0 Å². The third kappa shape index (κ3) is 12.0. The van der Waals surface area contributed by atoms with Crippen molar-refractivity contribution in [2.24, 2.45) is 0 Å². The Hall–Kier alpha value is -1.60. The van der Waals surface area contributed by atoms with Gasteiger partial charge in [-0.15, -0.1) is 13.6 Å². The van der Waals surface area contributed by atoms with E-state index in [9.17, 15) is 29.7 Å². The van der Waals surface area contributed by atoms with Gasteiger partial charge in [0, 0.05) is 72.0 Å². The molecule has 17 nitrogen and oxygen atoms in total. The summed E-state index contributed by atoms with van der Waals surface area (Å²) in [6, 6.07) is 0. The number of nitrogens with zero attached hydrogens (tertiary/aromatic N) is 5. The lowest BCUT2D eigenvalue weighted by atomic mass is 10.2. The molecule has 4 heterocycles. The predicted octanol–water partition coefficient (Wildman–Crippen LogP) is -3.18. The number of β-amino-alcohol motifs (C(OH)–C–C–N with tert-alkyl or cyclic N) is 1. The Labute approximate surface area is 252 Å². The van der Waals surface area contributed by atoms with Gasteiger partial charge in [-0.2, -0.15) is 0 Å². The third-order valence-corrected chi connectivity index (χ3v) is 9.63. The predicted molar refractivity (Wildman–Crippen MR) is 151 cm³/mol. The van der Waals surface area contributed by atoms with E-state index in [0.717, 1.165) is 0 Å². The van der Waals surface area contributed by atoms with Gasteiger partial charge in [0.1, 0.15) is 0 Å². The molecule has 4 saturated heterocycles. The topological polar surface area (TPSA) is 183 Å². The number of carbonyl (C=O) groups is 3. The second kappa shape index (κ2) is 17.8. The molecule has 0 aromatic rings. The molecule has 2 atom stereocenters. The van der Waals surface area contributed by atoms with Crippen LogP contribution in [0.4, 0.5) is 0 Å². The van der Waals surface area contributed by atoms with E-state index in [1.807, 2.05) is 19.6 Å². The van der Waals surface area contributed by atoms with Gasteiger partial charge in [-0.3, -0.25) is 38.9 Å². The van der Waals surface area contributed by atoms with Crippen LogP contribution in [0, 0.1) is 0 Å². The van der Waals surface area contributed by atoms with E-state index in [1.165, 1.54) is 21.3 Å². The standard InChI is InChI=1S/C25H47N5O12P/c1-37-22(34)15-27-6-4-26(12-20(32)13-30(14-21(33)18-31)19-43-40-25(41-43)42-43)5-7-28(16-23(35)38-2)9-11-29(10-8-27)17-24(36)39-3/h20-21,25,31-33H,4-19H2,1-3H3/q+1. The summed E-state index contributed by atoms with van der Waals surface area (Å²) in [4.78, 5) is 45.9. The SMILES string of the molecule is COC(=O)CN1CCN(CC(=O)OC)CCN(CC(O)CN(CC(O)CO)C[P+]23OC(O2)O3)CCN(CC(=O)OC)CC1. The molecule has 0 radical (unpaired) electrons. The van der Waals surface area contributed by atoms with Crippen molar-refractivity contribution in [2.75, 3.05) is 126 Å². The van der Waals surface area contributed by atoms with Crippen LogP contribution in [0.15, 0.2) is 0 Å². The molecule has 0 aromatic heterocycles. The van der Waals surface area contributed by atoms with Crippen molar-refractivity contribution in [3.63, 3.8) is 0 Å². The van der Waals surface area contributed by atoms with Crippen molar-refractivity contribution in [3.05, 3.63) is 0 Å². The largest absolute Gasteiger partial charge is 0.468 e. The van der Waals surface area contributed by atoms with Crippen LogP contribution >= 0.6 is 7.94 Å². The lowest BCUT2D eigenvalue weighted by Crippen LogP contribution is -2.53. The Morgan fingerprint density at radius 2 is 1.09 bits per heavy atom. The number of hydrogen-bond acceptors (Lipinski definition) is 17. The fourth-order valence-corrected chi connectivity index (χ4v) is 6.69. The number of ether oxygens (including phenoxy) is 3. The van der Waals surface area contributed by atoms with E-state index in [-0.39, 0.29) is 63.5 Å². The molecule has 43 heavy (non-hydrogen) atoms. The second-order valence-corrected chi connectivity index (χ2v) is 12.9. The van der Waals surface area contributed by atoms with Crippen molar-refractivity contribution in [2.45, 2.75) is 18.7 Å². The molecule has 2 bridgehead atoms. The van der Waals surface area contributed by atoms with Crippen LogP contribution in [-0.4, -0.2) is 202 Å². The molecule has 0 saturated carbocycles. The van der Waals surface area contributed by atoms with E-state index < -0.39 is 33.2 Å². The molecule has 2 unspecified atom stereocenters. The van der Waals surface area contributed by atoms with Crippen molar-refractivity contribution in [1.29, 1.82) is 0 Å². The van der Waals surface area contributed by atoms with Crippen molar-refractivity contribution >= 4 is 25.9 Å². The number of hydrogen-bond donors (Lipinski definition) is 3. The van der Waals surface area contributed by atoms with Gasteiger partial charge in [0.25, 0.3) is 0 Å². The fourth-order valence-electron chi connectivity index (χ4n) is 4.94. The number of aliphatic hydroxyl groups is 3. The van der Waals surface area contributed by atoms with Gasteiger partial charge in [-0.05, 0) is 0 Å². The first-order valence-corrected chi connectivity index (χ1v) is 16.0. The Balaban J connectivity index is 1.69. The zero-order valence-corrected chi connectivity index (χ0v) is 26.1. The third-order valence-electron chi connectivity index (χ3n) is 7.40. The number of aliphatic hydroxyl groups excluding tert-OH is 3. The zero-order valence-electron chi connectivity index (χ0n) is 25.2. The van der Waals surface area contributed by atoms with Crippen LogP contribution in [0.25, 0.3) is 0 Å². The minimum atomic E-state index is -2.44. The normalized spacial score (nSPS) is 25.9. The minimum Gasteiger partial charge on any atom is -0.468 e. The summed E-state index contributed by atoms with van der Waals surface area (Å²) < 4.78 is 31.1. The maximum Gasteiger partial charge on any atom is 0.443 e. The molecule has 248 valence electrons. The first-order valence-electron chi connectivity index (χ1n) is 14.3. The Morgan fingerprint density at radius 1 is 0.721 bits per heavy atom. The van der Waals surface area contributed by atoms with Gasteiger partial charge < -0.3 is 29.5 Å². The van der Waals surface area contributed by atoms with Gasteiger partial charge >= 0.3 is 32.3 Å². The highest BCUT2D eigenvalue weighted by Crippen LogP contribution is 2.83. The smallest absolute Gasteiger partial charge is 0.443 e. The van der Waals surface area contributed by atoms with Gasteiger partial charge in [0.05, 0.1) is 59.8 Å². The Morgan fingerprint density at radius 3 is 1.42 bits per heavy atom. The summed E-state index contributed by atoms with van der Waals surface area (Å²) in [7, 11) is 1.54. The van der Waals surface area contributed by atoms with E-state index in [0.29, 0.717) is 52.4 Å². The molecule has 0 spiro atoms. The molecule has 4 aliphatic rings. The first kappa shape index (κ1) is 35.9. The highest BCUT2D eigenvalue weighted by molar-refractivity contribution is 7.64. The van der Waals surface area contributed by atoms with E-state index in [4.69, 9.17) is 27.8 Å². The second-order valence-electron chi connectivity index (χ2n) is 10.7. The fraction of sp³-hybridized carbons (Fsp3) is 0.880. The number of carbonyl (C=O) groups excluding carboxylic acids is 3. The number of esters is 3. The lowest BCUT2D eigenvalue weighted by molar-refractivity contribution is -0.331. The Bertz CT molecular complexity index is 856. The molecule has 4 aliphatic heterocycles. The van der Waals surface area contributed by atoms with Crippen LogP contribution in [-0.2, 0) is 42.2 Å². The molecule has 4 fully saturated rings. The summed E-state index contributed by atoms with van der Waals surface area (Å²) >= 11 is 0. The quantitative estimate of drug-likeness (QED) is 0.0924. The summed E-state index contributed by atoms with van der Waals surface area (Å²) in [5.74, 6) is -1.15. The van der Waals surface area contributed by atoms with Crippen LogP contribution in [0.5, 0.6) is 0 Å². The number of rotatable bonds is 15. The molecular formula is C25H47N5O12P+. The van der Waals surface area contributed by atoms with E-state index in [1.54, 1.807) is 4.90 Å². The minimum absolute atomic E-state index is 0.0625. The maximum atomic E-state index is 12.1. The van der Waals surface area contributed by atoms with Crippen LogP contribution < -0.4 is 0 Å². The summed E-state index contributed by atoms with van der Waals surface area (Å²) in [5, 5.41) is 30.5. The molecule has 4 rings (SSSR count). The average molecular weight is 641 g/mol. The number of methoxy groups -OCH3 is 3. The van der Waals surface area contributed by atoms with Crippen molar-refractivity contribution in [1.82, 2.24) is 24.5 Å². The highest BCUT2D eigenvalue weighted by Gasteiger charge is 2.78. The maximum absolute atomic E-state index is 12.1. The zero-order chi connectivity index (χ0) is 31.4. The molecule has 0 aliphatic carbocycles. The van der Waals surface area contributed by atoms with Crippen LogP contribution in [0.1, 0.15) is 0 Å². The van der Waals surface area contributed by atoms with Gasteiger partial charge in [0.15, 0.2) is 6.29 Å².